The molecule has 3 aromatic rings. The Bertz CT molecular complexity index is 931. The van der Waals surface area contributed by atoms with Gasteiger partial charge in [0.1, 0.15) is 0 Å². The Hall–Kier alpha value is -1.66. The maximum atomic E-state index is 5.43. The second kappa shape index (κ2) is 14.2. The van der Waals surface area contributed by atoms with E-state index in [0.29, 0.717) is 0 Å². The molecule has 0 atom stereocenters. The second-order valence-electron chi connectivity index (χ2n) is 9.46. The summed E-state index contributed by atoms with van der Waals surface area (Å²) in [6, 6.07) is 21.7. The van der Waals surface area contributed by atoms with E-state index in [-0.39, 0.29) is 0 Å². The zero-order valence-corrected chi connectivity index (χ0v) is 26.0. The molecule has 3 rings (SSSR count). The van der Waals surface area contributed by atoms with Crippen LogP contribution in [0.25, 0.3) is 0 Å². The van der Waals surface area contributed by atoms with Crippen molar-refractivity contribution in [3.8, 4) is 11.5 Å². The first-order valence-corrected chi connectivity index (χ1v) is 21.6. The molecule has 0 radical (unpaired) electrons. The predicted molar refractivity (Wildman–Crippen MR) is 157 cm³/mol. The van der Waals surface area contributed by atoms with Gasteiger partial charge in [-0.3, -0.25) is 0 Å². The number of thiophene rings is 1. The fourth-order valence-corrected chi connectivity index (χ4v) is 25.0. The van der Waals surface area contributed by atoms with Crippen LogP contribution < -0.4 is 17.3 Å². The van der Waals surface area contributed by atoms with Gasteiger partial charge in [-0.25, -0.2) is 0 Å². The van der Waals surface area contributed by atoms with E-state index in [0.717, 1.165) is 22.9 Å². The zero-order chi connectivity index (χ0) is 25.1. The molecule has 35 heavy (non-hydrogen) atoms. The van der Waals surface area contributed by atoms with Crippen molar-refractivity contribution in [3.63, 3.8) is 0 Å². The van der Waals surface area contributed by atoms with Crippen LogP contribution in [0.4, 0.5) is 16.4 Å². The second-order valence-corrected chi connectivity index (χ2v) is 24.7. The van der Waals surface area contributed by atoms with Crippen LogP contribution in [0.2, 0.25) is 13.3 Å². The van der Waals surface area contributed by atoms with Gasteiger partial charge in [0.05, 0.1) is 0 Å². The van der Waals surface area contributed by atoms with Crippen LogP contribution in [-0.4, -0.2) is 32.6 Å². The van der Waals surface area contributed by atoms with Crippen molar-refractivity contribution < 1.29 is 9.47 Å². The summed E-state index contributed by atoms with van der Waals surface area (Å²) in [5.41, 5.74) is 2.31. The van der Waals surface area contributed by atoms with Crippen molar-refractivity contribution in [3.05, 3.63) is 60.7 Å². The zero-order valence-electron chi connectivity index (χ0n) is 22.3. The standard InChI is InChI=1S/C18H16NO2S.3C4H9.Sn/c1-20-16-9-5-14(6-10-16)19(18-4-3-13-22-18)15-7-11-17(21-2)12-8-15;3*1-3-4-2;/h3-12H,1-2H3;3*1,3-4H2,2H3;. The summed E-state index contributed by atoms with van der Waals surface area (Å²) in [5, 5.41) is 1.31. The third kappa shape index (κ3) is 7.19. The monoisotopic (exact) mass is 601 g/mol. The number of methoxy groups -OCH3 is 2. The molecule has 0 saturated carbocycles. The number of rotatable bonds is 15. The molecule has 0 bridgehead atoms. The van der Waals surface area contributed by atoms with Crippen molar-refractivity contribution in [1.29, 1.82) is 0 Å². The average molecular weight is 600 g/mol. The first kappa shape index (κ1) is 27.9. The summed E-state index contributed by atoms with van der Waals surface area (Å²) in [6.45, 7) is 7.06. The van der Waals surface area contributed by atoms with Gasteiger partial charge >= 0.3 is 222 Å². The minimum atomic E-state index is -2.47. The van der Waals surface area contributed by atoms with Gasteiger partial charge in [0.2, 0.25) is 0 Å². The normalized spacial score (nSPS) is 11.5. The van der Waals surface area contributed by atoms with E-state index >= 15 is 0 Å². The summed E-state index contributed by atoms with van der Waals surface area (Å²) < 4.78 is 17.1. The quantitative estimate of drug-likeness (QED) is 0.162. The molecule has 0 saturated heterocycles. The summed E-state index contributed by atoms with van der Waals surface area (Å²) >= 11 is -0.409. The van der Waals surface area contributed by atoms with Gasteiger partial charge in [0.25, 0.3) is 0 Å². The van der Waals surface area contributed by atoms with E-state index in [9.17, 15) is 0 Å². The van der Waals surface area contributed by atoms with Gasteiger partial charge in [-0.2, -0.15) is 0 Å². The fourth-order valence-electron chi connectivity index (χ4n) is 4.89. The van der Waals surface area contributed by atoms with Crippen LogP contribution >= 0.6 is 11.3 Å². The molecular weight excluding hydrogens is 557 g/mol. The molecule has 5 heteroatoms. The van der Waals surface area contributed by atoms with E-state index in [1.54, 1.807) is 17.1 Å². The molecule has 1 heterocycles. The van der Waals surface area contributed by atoms with Gasteiger partial charge in [-0.15, -0.1) is 0 Å². The Morgan fingerprint density at radius 2 is 1.06 bits per heavy atom. The van der Waals surface area contributed by atoms with Gasteiger partial charge in [0.15, 0.2) is 0 Å². The topological polar surface area (TPSA) is 21.7 Å². The van der Waals surface area contributed by atoms with Crippen molar-refractivity contribution in [1.82, 2.24) is 0 Å². The number of unbranched alkanes of at least 4 members (excludes halogenated alkanes) is 3. The van der Waals surface area contributed by atoms with Crippen molar-refractivity contribution >= 4 is 49.0 Å². The molecule has 1 aromatic heterocycles. The maximum absolute atomic E-state index is 5.43. The summed E-state index contributed by atoms with van der Waals surface area (Å²) in [4.78, 5) is 2.39. The van der Waals surface area contributed by atoms with E-state index in [2.05, 4.69) is 73.4 Å². The number of hydrogen-bond acceptors (Lipinski definition) is 4. The number of benzene rings is 2. The number of anilines is 3. The average Bonchev–Trinajstić information content (AvgIpc) is 3.40. The van der Waals surface area contributed by atoms with Crippen LogP contribution in [0.5, 0.6) is 11.5 Å². The summed E-state index contributed by atoms with van der Waals surface area (Å²) in [7, 11) is 3.44. The number of hydrogen-bond donors (Lipinski definition) is 0. The van der Waals surface area contributed by atoms with Crippen LogP contribution in [0.1, 0.15) is 59.3 Å². The van der Waals surface area contributed by atoms with Gasteiger partial charge in [-0.1, -0.05) is 0 Å². The molecule has 0 amide bonds. The molecule has 0 aliphatic rings. The molecule has 0 aliphatic heterocycles. The third-order valence-corrected chi connectivity index (χ3v) is 26.4. The van der Waals surface area contributed by atoms with Crippen molar-refractivity contribution in [2.45, 2.75) is 72.6 Å². The molecule has 0 fully saturated rings. The fraction of sp³-hybridized carbons (Fsp3) is 0.467. The van der Waals surface area contributed by atoms with Gasteiger partial charge in [-0.05, 0) is 0 Å². The summed E-state index contributed by atoms with van der Waals surface area (Å²) in [5.74, 6) is 1.76. The predicted octanol–water partition coefficient (Wildman–Crippen LogP) is 9.29. The molecule has 3 nitrogen and oxygen atoms in total. The SMILES string of the molecule is CCC[CH2][Sn]([CH2]CCC)([CH2]CCC)[c]1ccc(N(c2ccc(OC)cc2)c2ccc(OC)cc2)s1. The van der Waals surface area contributed by atoms with E-state index < -0.39 is 18.4 Å². The molecule has 0 unspecified atom stereocenters. The first-order chi connectivity index (χ1) is 17.1. The van der Waals surface area contributed by atoms with E-state index in [4.69, 9.17) is 9.47 Å². The molecule has 0 aliphatic carbocycles. The molecule has 0 spiro atoms. The minimum absolute atomic E-state index is 0.879. The Morgan fingerprint density at radius 1 is 0.629 bits per heavy atom. The molecule has 0 N–H and O–H groups in total. The van der Waals surface area contributed by atoms with Crippen molar-refractivity contribution in [2.24, 2.45) is 0 Å². The van der Waals surface area contributed by atoms with Gasteiger partial charge in [0, 0.05) is 0 Å². The molecular formula is C30H43NO2SSn. The first-order valence-electron chi connectivity index (χ1n) is 13.3. The molecule has 2 aromatic carbocycles. The van der Waals surface area contributed by atoms with Crippen LogP contribution in [0.15, 0.2) is 60.7 Å². The summed E-state index contributed by atoms with van der Waals surface area (Å²) in [6.07, 6.45) is 8.07. The van der Waals surface area contributed by atoms with Crippen LogP contribution in [-0.2, 0) is 0 Å². The Labute approximate surface area is 221 Å². The van der Waals surface area contributed by atoms with E-state index in [1.807, 2.05) is 24.3 Å². The Balaban J connectivity index is 2.06. The number of nitrogens with zero attached hydrogens (tertiary/aromatic N) is 1. The number of ether oxygens (including phenoxy) is 2. The van der Waals surface area contributed by atoms with Crippen LogP contribution in [0, 0.1) is 0 Å². The third-order valence-electron chi connectivity index (χ3n) is 7.02. The van der Waals surface area contributed by atoms with Gasteiger partial charge < -0.3 is 0 Å². The van der Waals surface area contributed by atoms with Crippen molar-refractivity contribution in [2.75, 3.05) is 19.1 Å². The van der Waals surface area contributed by atoms with E-state index in [1.165, 1.54) is 56.8 Å². The Kier molecular flexibility index (Phi) is 11.3. The Morgan fingerprint density at radius 3 is 1.43 bits per heavy atom. The molecule has 190 valence electrons. The van der Waals surface area contributed by atoms with Crippen LogP contribution in [0.3, 0.4) is 0 Å².